The molecule has 2 fully saturated rings. The van der Waals surface area contributed by atoms with Gasteiger partial charge in [-0.1, -0.05) is 0 Å². The summed E-state index contributed by atoms with van der Waals surface area (Å²) >= 11 is 1.62. The molecule has 0 aliphatic carbocycles. The lowest BCUT2D eigenvalue weighted by molar-refractivity contribution is 0.123. The van der Waals surface area contributed by atoms with Crippen LogP contribution >= 0.6 is 11.3 Å². The van der Waals surface area contributed by atoms with Gasteiger partial charge in [0, 0.05) is 40.9 Å². The van der Waals surface area contributed by atoms with Crippen molar-refractivity contribution in [3.8, 4) is 17.0 Å². The Morgan fingerprint density at radius 2 is 2.17 bits per heavy atom. The number of nitrogens with zero attached hydrogens (tertiary/aromatic N) is 3. The summed E-state index contributed by atoms with van der Waals surface area (Å²) in [4.78, 5) is 2.55. The van der Waals surface area contributed by atoms with Gasteiger partial charge in [0.15, 0.2) is 0 Å². The van der Waals surface area contributed by atoms with Gasteiger partial charge in [0.1, 0.15) is 11.6 Å². The Morgan fingerprint density at radius 3 is 3.00 bits per heavy atom. The summed E-state index contributed by atoms with van der Waals surface area (Å²) in [7, 11) is 0. The van der Waals surface area contributed by atoms with Crippen LogP contribution in [0.5, 0.6) is 5.75 Å². The topological polar surface area (TPSA) is 70.5 Å². The van der Waals surface area contributed by atoms with Crippen LogP contribution < -0.4 is 5.32 Å². The number of hydrogen-bond donors (Lipinski definition) is 2. The molecular formula is C22H26N4O2S. The predicted molar refractivity (Wildman–Crippen MR) is 117 cm³/mol. The van der Waals surface area contributed by atoms with Gasteiger partial charge in [0.05, 0.1) is 12.3 Å². The number of rotatable bonds is 4. The molecule has 29 heavy (non-hydrogen) atoms. The minimum Gasteiger partial charge on any atom is -0.507 e. The Morgan fingerprint density at radius 1 is 1.24 bits per heavy atom. The van der Waals surface area contributed by atoms with Crippen LogP contribution in [0.4, 0.5) is 5.82 Å². The number of piperidine rings is 1. The number of phenolic OH excluding ortho intramolecular Hbond substituents is 1. The Kier molecular flexibility index (Phi) is 5.11. The monoisotopic (exact) mass is 410 g/mol. The quantitative estimate of drug-likeness (QED) is 0.677. The fourth-order valence-corrected chi connectivity index (χ4v) is 5.31. The number of aromatic hydroxyl groups is 1. The molecule has 0 spiro atoms. The largest absolute Gasteiger partial charge is 0.507 e. The lowest BCUT2D eigenvalue weighted by Crippen LogP contribution is -2.47. The highest BCUT2D eigenvalue weighted by Gasteiger charge is 2.28. The van der Waals surface area contributed by atoms with Crippen molar-refractivity contribution in [2.24, 2.45) is 0 Å². The number of thiophene rings is 1. The number of fused-ring (bicyclic) bond motifs is 1. The third-order valence-electron chi connectivity index (χ3n) is 6.07. The van der Waals surface area contributed by atoms with E-state index in [1.54, 1.807) is 11.3 Å². The van der Waals surface area contributed by atoms with Crippen molar-refractivity contribution >= 4 is 27.2 Å². The van der Waals surface area contributed by atoms with Crippen LogP contribution in [0.2, 0.25) is 0 Å². The van der Waals surface area contributed by atoms with Gasteiger partial charge in [-0.3, -0.25) is 4.90 Å². The smallest absolute Gasteiger partial charge is 0.149 e. The molecule has 2 N–H and O–H groups in total. The van der Waals surface area contributed by atoms with E-state index in [0.29, 0.717) is 12.1 Å². The molecule has 0 radical (unpaired) electrons. The molecule has 2 saturated heterocycles. The summed E-state index contributed by atoms with van der Waals surface area (Å²) < 4.78 is 6.64. The van der Waals surface area contributed by atoms with Crippen molar-refractivity contribution in [1.82, 2.24) is 15.1 Å². The van der Waals surface area contributed by atoms with E-state index in [0.717, 1.165) is 71.9 Å². The zero-order valence-electron chi connectivity index (χ0n) is 16.6. The minimum absolute atomic E-state index is 0.281. The van der Waals surface area contributed by atoms with E-state index in [1.165, 1.54) is 6.42 Å². The van der Waals surface area contributed by atoms with E-state index in [4.69, 9.17) is 4.74 Å². The van der Waals surface area contributed by atoms with Gasteiger partial charge < -0.3 is 15.2 Å². The van der Waals surface area contributed by atoms with Gasteiger partial charge >= 0.3 is 0 Å². The van der Waals surface area contributed by atoms with E-state index in [2.05, 4.69) is 20.4 Å². The molecule has 2 aliphatic heterocycles. The standard InChI is InChI=1S/C22H26N4O2S/c1-14-11-20(23-15-3-2-8-26(12-15)16-6-9-28-13-16)24-25-21(14)18-4-5-19-17(22(18)27)7-10-29-19/h4-5,7,10-11,15-16,27H,2-3,6,8-9,12-13H2,1H3,(H,23,24). The minimum atomic E-state index is 0.281. The van der Waals surface area contributed by atoms with Crippen LogP contribution in [-0.4, -0.2) is 58.6 Å². The molecule has 5 rings (SSSR count). The number of aryl methyl sites for hydroxylation is 1. The third kappa shape index (κ3) is 3.70. The van der Waals surface area contributed by atoms with E-state index in [1.807, 2.05) is 36.6 Å². The number of hydrogen-bond acceptors (Lipinski definition) is 7. The fourth-order valence-electron chi connectivity index (χ4n) is 4.52. The van der Waals surface area contributed by atoms with Crippen LogP contribution in [0.3, 0.4) is 0 Å². The molecule has 0 saturated carbocycles. The first-order valence-electron chi connectivity index (χ1n) is 10.3. The van der Waals surface area contributed by atoms with Gasteiger partial charge in [-0.25, -0.2) is 0 Å². The first kappa shape index (κ1) is 18.8. The molecule has 3 aromatic rings. The normalized spacial score (nSPS) is 22.9. The number of benzene rings is 1. The maximum atomic E-state index is 10.7. The Hall–Kier alpha value is -2.22. The van der Waals surface area contributed by atoms with E-state index < -0.39 is 0 Å². The first-order chi connectivity index (χ1) is 14.2. The van der Waals surface area contributed by atoms with Crippen LogP contribution in [0.1, 0.15) is 24.8 Å². The Labute approximate surface area is 174 Å². The van der Waals surface area contributed by atoms with E-state index in [9.17, 15) is 5.11 Å². The second-order valence-corrected chi connectivity index (χ2v) is 9.00. The van der Waals surface area contributed by atoms with Gasteiger partial charge in [0.2, 0.25) is 0 Å². The lowest BCUT2D eigenvalue weighted by Gasteiger charge is -2.36. The fraction of sp³-hybridized carbons (Fsp3) is 0.455. The van der Waals surface area contributed by atoms with Gasteiger partial charge in [0.25, 0.3) is 0 Å². The second-order valence-electron chi connectivity index (χ2n) is 8.05. The number of likely N-dealkylation sites (tertiary alicyclic amines) is 1. The predicted octanol–water partition coefficient (Wildman–Crippen LogP) is 4.04. The molecule has 0 bridgehead atoms. The van der Waals surface area contributed by atoms with Crippen molar-refractivity contribution in [3.05, 3.63) is 35.2 Å². The maximum absolute atomic E-state index is 10.7. The van der Waals surface area contributed by atoms with E-state index in [-0.39, 0.29) is 5.75 Å². The highest BCUT2D eigenvalue weighted by Crippen LogP contribution is 2.38. The summed E-state index contributed by atoms with van der Waals surface area (Å²) in [6, 6.07) is 8.88. The summed E-state index contributed by atoms with van der Waals surface area (Å²) in [5, 5.41) is 26.0. The van der Waals surface area contributed by atoms with Gasteiger partial charge in [-0.15, -0.1) is 21.5 Å². The summed E-state index contributed by atoms with van der Waals surface area (Å²) in [6.45, 7) is 5.94. The zero-order chi connectivity index (χ0) is 19.8. The Bertz CT molecular complexity index is 1020. The molecule has 7 heteroatoms. The molecule has 2 aromatic heterocycles. The van der Waals surface area contributed by atoms with Crippen molar-refractivity contribution in [3.63, 3.8) is 0 Å². The van der Waals surface area contributed by atoms with Crippen LogP contribution in [0.15, 0.2) is 29.6 Å². The molecule has 4 heterocycles. The van der Waals surface area contributed by atoms with E-state index >= 15 is 0 Å². The average Bonchev–Trinajstić information content (AvgIpc) is 3.42. The van der Waals surface area contributed by atoms with Crippen molar-refractivity contribution in [2.45, 2.75) is 38.3 Å². The van der Waals surface area contributed by atoms with Crippen molar-refractivity contribution in [2.75, 3.05) is 31.6 Å². The molecular weight excluding hydrogens is 384 g/mol. The molecule has 152 valence electrons. The summed E-state index contributed by atoms with van der Waals surface area (Å²) in [5.74, 6) is 1.08. The van der Waals surface area contributed by atoms with Crippen molar-refractivity contribution < 1.29 is 9.84 Å². The zero-order valence-corrected chi connectivity index (χ0v) is 17.4. The molecule has 2 atom stereocenters. The van der Waals surface area contributed by atoms with Crippen LogP contribution in [0.25, 0.3) is 21.3 Å². The maximum Gasteiger partial charge on any atom is 0.149 e. The second kappa shape index (κ2) is 7.89. The number of anilines is 1. The molecule has 1 aromatic carbocycles. The summed E-state index contributed by atoms with van der Waals surface area (Å²) in [6.07, 6.45) is 3.47. The Balaban J connectivity index is 1.33. The SMILES string of the molecule is Cc1cc(NC2CCCN(C3CCOC3)C2)nnc1-c1ccc2sccc2c1O. The van der Waals surface area contributed by atoms with Crippen molar-refractivity contribution in [1.29, 1.82) is 0 Å². The van der Waals surface area contributed by atoms with Gasteiger partial charge in [-0.05, 0) is 67.9 Å². The van der Waals surface area contributed by atoms with Crippen LogP contribution in [-0.2, 0) is 4.74 Å². The molecule has 2 aliphatic rings. The highest BCUT2D eigenvalue weighted by atomic mass is 32.1. The number of phenols is 1. The summed E-state index contributed by atoms with van der Waals surface area (Å²) in [5.41, 5.74) is 2.47. The number of nitrogens with one attached hydrogen (secondary N) is 1. The molecule has 6 nitrogen and oxygen atoms in total. The highest BCUT2D eigenvalue weighted by molar-refractivity contribution is 7.17. The number of ether oxygens (including phenoxy) is 1. The lowest BCUT2D eigenvalue weighted by atomic mass is 10.0. The third-order valence-corrected chi connectivity index (χ3v) is 6.96. The van der Waals surface area contributed by atoms with Gasteiger partial charge in [-0.2, -0.15) is 0 Å². The first-order valence-corrected chi connectivity index (χ1v) is 11.2. The number of aromatic nitrogens is 2. The average molecular weight is 411 g/mol. The molecule has 2 unspecified atom stereocenters. The molecule has 0 amide bonds. The van der Waals surface area contributed by atoms with Crippen LogP contribution in [0, 0.1) is 6.92 Å².